The molecular weight excluding hydrogens is 324 g/mol. The van der Waals surface area contributed by atoms with Crippen molar-refractivity contribution in [3.8, 4) is 10.7 Å². The van der Waals surface area contributed by atoms with Crippen LogP contribution in [0.5, 0.6) is 0 Å². The first-order chi connectivity index (χ1) is 11.7. The molecule has 0 unspecified atom stereocenters. The van der Waals surface area contributed by atoms with Crippen molar-refractivity contribution in [3.63, 3.8) is 0 Å². The fourth-order valence-electron chi connectivity index (χ4n) is 3.04. The summed E-state index contributed by atoms with van der Waals surface area (Å²) >= 11 is 1.60. The van der Waals surface area contributed by atoms with Gasteiger partial charge in [0.15, 0.2) is 0 Å². The molecule has 6 nitrogen and oxygen atoms in total. The number of hydrogen-bond acceptors (Lipinski definition) is 6. The van der Waals surface area contributed by atoms with E-state index in [2.05, 4.69) is 28.9 Å². The molecule has 0 spiro atoms. The van der Waals surface area contributed by atoms with Gasteiger partial charge < -0.3 is 9.42 Å². The zero-order chi connectivity index (χ0) is 16.9. The lowest BCUT2D eigenvalue weighted by Gasteiger charge is -2.35. The molecule has 0 radical (unpaired) electrons. The number of rotatable bonds is 6. The first kappa shape index (κ1) is 17.1. The number of carbonyl (C=O) groups excluding carboxylic acids is 1. The third-order valence-electron chi connectivity index (χ3n) is 4.59. The molecule has 7 heteroatoms. The van der Waals surface area contributed by atoms with Gasteiger partial charge in [-0.15, -0.1) is 11.3 Å². The van der Waals surface area contributed by atoms with Crippen LogP contribution in [0.3, 0.4) is 0 Å². The lowest BCUT2D eigenvalue weighted by molar-refractivity contribution is -0.137. The highest BCUT2D eigenvalue weighted by molar-refractivity contribution is 7.13. The number of nitrogens with zero attached hydrogens (tertiary/aromatic N) is 4. The molecule has 130 valence electrons. The molecule has 3 heterocycles. The van der Waals surface area contributed by atoms with Crippen LogP contribution in [-0.2, 0) is 11.3 Å². The third-order valence-corrected chi connectivity index (χ3v) is 5.45. The molecule has 2 aromatic rings. The Hall–Kier alpha value is -1.73. The average molecular weight is 348 g/mol. The first-order valence-corrected chi connectivity index (χ1v) is 9.46. The van der Waals surface area contributed by atoms with E-state index in [1.54, 1.807) is 11.3 Å². The topological polar surface area (TPSA) is 62.5 Å². The second-order valence-corrected chi connectivity index (χ2v) is 7.05. The van der Waals surface area contributed by atoms with Crippen molar-refractivity contribution in [2.24, 2.45) is 5.92 Å². The van der Waals surface area contributed by atoms with Crippen LogP contribution in [0.1, 0.15) is 32.6 Å². The number of thiophene rings is 1. The van der Waals surface area contributed by atoms with Gasteiger partial charge in [-0.25, -0.2) is 0 Å². The fraction of sp³-hybridized carbons (Fsp3) is 0.588. The van der Waals surface area contributed by atoms with Gasteiger partial charge in [-0.2, -0.15) is 4.98 Å². The molecule has 1 saturated heterocycles. The minimum absolute atomic E-state index is 0.167. The van der Waals surface area contributed by atoms with Crippen molar-refractivity contribution >= 4 is 17.2 Å². The number of piperazine rings is 1. The highest BCUT2D eigenvalue weighted by atomic mass is 32.1. The molecule has 1 aliphatic heterocycles. The van der Waals surface area contributed by atoms with E-state index in [4.69, 9.17) is 4.52 Å². The fourth-order valence-corrected chi connectivity index (χ4v) is 3.69. The lowest BCUT2D eigenvalue weighted by atomic mass is 10.0. The van der Waals surface area contributed by atoms with Gasteiger partial charge in [-0.1, -0.05) is 25.1 Å². The van der Waals surface area contributed by atoms with E-state index in [1.165, 1.54) is 0 Å². The van der Waals surface area contributed by atoms with Crippen molar-refractivity contribution in [2.45, 2.75) is 33.2 Å². The first-order valence-electron chi connectivity index (χ1n) is 8.58. The number of aromatic nitrogens is 2. The van der Waals surface area contributed by atoms with E-state index in [1.807, 2.05) is 22.4 Å². The molecule has 0 saturated carbocycles. The maximum absolute atomic E-state index is 12.4. The maximum Gasteiger partial charge on any atom is 0.241 e. The van der Waals surface area contributed by atoms with Crippen LogP contribution < -0.4 is 0 Å². The monoisotopic (exact) mass is 348 g/mol. The molecule has 1 fully saturated rings. The molecular formula is C17H24N4O2S. The third kappa shape index (κ3) is 3.84. The largest absolute Gasteiger partial charge is 0.340 e. The van der Waals surface area contributed by atoms with Crippen LogP contribution in [0.4, 0.5) is 0 Å². The molecule has 0 aromatic carbocycles. The Morgan fingerprint density at radius 1 is 1.29 bits per heavy atom. The van der Waals surface area contributed by atoms with Crippen molar-refractivity contribution < 1.29 is 9.32 Å². The normalized spacial score (nSPS) is 16.0. The van der Waals surface area contributed by atoms with Gasteiger partial charge in [-0.05, 0) is 24.3 Å². The summed E-state index contributed by atoms with van der Waals surface area (Å²) in [6.45, 7) is 8.07. The summed E-state index contributed by atoms with van der Waals surface area (Å²) in [5.74, 6) is 1.76. The Kier molecular flexibility index (Phi) is 5.63. The molecule has 24 heavy (non-hydrogen) atoms. The average Bonchev–Trinajstić information content (AvgIpc) is 3.28. The van der Waals surface area contributed by atoms with Crippen LogP contribution >= 0.6 is 11.3 Å². The molecule has 1 amide bonds. The number of amides is 1. The summed E-state index contributed by atoms with van der Waals surface area (Å²) in [4.78, 5) is 22.2. The molecule has 2 aromatic heterocycles. The second-order valence-electron chi connectivity index (χ2n) is 6.10. The summed E-state index contributed by atoms with van der Waals surface area (Å²) in [6.07, 6.45) is 1.84. The van der Waals surface area contributed by atoms with Gasteiger partial charge in [0, 0.05) is 32.1 Å². The van der Waals surface area contributed by atoms with Crippen LogP contribution in [0, 0.1) is 5.92 Å². The van der Waals surface area contributed by atoms with Gasteiger partial charge in [-0.3, -0.25) is 9.69 Å². The van der Waals surface area contributed by atoms with E-state index >= 15 is 0 Å². The molecule has 0 atom stereocenters. The van der Waals surface area contributed by atoms with E-state index in [0.29, 0.717) is 24.2 Å². The second kappa shape index (κ2) is 7.90. The van der Waals surface area contributed by atoms with E-state index in [0.717, 1.165) is 43.9 Å². The van der Waals surface area contributed by atoms with Crippen molar-refractivity contribution in [2.75, 3.05) is 26.2 Å². The highest BCUT2D eigenvalue weighted by Gasteiger charge is 2.26. The predicted octanol–water partition coefficient (Wildman–Crippen LogP) is 2.88. The van der Waals surface area contributed by atoms with Crippen LogP contribution in [0.2, 0.25) is 0 Å². The predicted molar refractivity (Wildman–Crippen MR) is 93.5 cm³/mol. The van der Waals surface area contributed by atoms with Gasteiger partial charge >= 0.3 is 0 Å². The Labute approximate surface area is 146 Å². The SMILES string of the molecule is CCC(CC)C(=O)N1CCN(Cc2nc(-c3cccs3)no2)CC1. The summed E-state index contributed by atoms with van der Waals surface area (Å²) in [6, 6.07) is 3.97. The van der Waals surface area contributed by atoms with E-state index in [-0.39, 0.29) is 5.92 Å². The van der Waals surface area contributed by atoms with Crippen molar-refractivity contribution in [1.29, 1.82) is 0 Å². The van der Waals surface area contributed by atoms with Crippen LogP contribution in [-0.4, -0.2) is 52.0 Å². The minimum Gasteiger partial charge on any atom is -0.340 e. The molecule has 0 bridgehead atoms. The Bertz CT molecular complexity index is 643. The standard InChI is InChI=1S/C17H24N4O2S/c1-3-13(4-2)17(22)21-9-7-20(8-10-21)12-15-18-16(19-23-15)14-6-5-11-24-14/h5-6,11,13H,3-4,7-10,12H2,1-2H3. The Balaban J connectivity index is 1.51. The lowest BCUT2D eigenvalue weighted by Crippen LogP contribution is -2.49. The van der Waals surface area contributed by atoms with Gasteiger partial charge in [0.2, 0.25) is 17.6 Å². The smallest absolute Gasteiger partial charge is 0.241 e. The summed E-state index contributed by atoms with van der Waals surface area (Å²) in [5, 5.41) is 6.05. The quantitative estimate of drug-likeness (QED) is 0.803. The van der Waals surface area contributed by atoms with E-state index in [9.17, 15) is 4.79 Å². The molecule has 0 aliphatic carbocycles. The molecule has 3 rings (SSSR count). The van der Waals surface area contributed by atoms with E-state index < -0.39 is 0 Å². The summed E-state index contributed by atoms with van der Waals surface area (Å²) in [5.41, 5.74) is 0. The van der Waals surface area contributed by atoms with Crippen LogP contribution in [0.15, 0.2) is 22.0 Å². The zero-order valence-electron chi connectivity index (χ0n) is 14.3. The van der Waals surface area contributed by atoms with Crippen molar-refractivity contribution in [3.05, 3.63) is 23.4 Å². The zero-order valence-corrected chi connectivity index (χ0v) is 15.1. The molecule has 0 N–H and O–H groups in total. The van der Waals surface area contributed by atoms with Gasteiger partial charge in [0.05, 0.1) is 11.4 Å². The van der Waals surface area contributed by atoms with Crippen molar-refractivity contribution in [1.82, 2.24) is 19.9 Å². The van der Waals surface area contributed by atoms with Crippen LogP contribution in [0.25, 0.3) is 10.7 Å². The Morgan fingerprint density at radius 3 is 2.67 bits per heavy atom. The number of hydrogen-bond donors (Lipinski definition) is 0. The minimum atomic E-state index is 0.167. The molecule has 1 aliphatic rings. The van der Waals surface area contributed by atoms with Gasteiger partial charge in [0.1, 0.15) is 0 Å². The summed E-state index contributed by atoms with van der Waals surface area (Å²) < 4.78 is 5.36. The maximum atomic E-state index is 12.4. The number of carbonyl (C=O) groups is 1. The highest BCUT2D eigenvalue weighted by Crippen LogP contribution is 2.22. The Morgan fingerprint density at radius 2 is 2.04 bits per heavy atom. The van der Waals surface area contributed by atoms with Gasteiger partial charge in [0.25, 0.3) is 0 Å². The summed E-state index contributed by atoms with van der Waals surface area (Å²) in [7, 11) is 0.